The zero-order chi connectivity index (χ0) is 16.8. The summed E-state index contributed by atoms with van der Waals surface area (Å²) in [5, 5.41) is 7.65. The highest BCUT2D eigenvalue weighted by Crippen LogP contribution is 2.32. The zero-order valence-corrected chi connectivity index (χ0v) is 14.8. The smallest absolute Gasteiger partial charge is 0.231 e. The van der Waals surface area contributed by atoms with Gasteiger partial charge in [0.15, 0.2) is 17.5 Å². The second-order valence-electron chi connectivity index (χ2n) is 5.31. The van der Waals surface area contributed by atoms with Crippen molar-refractivity contribution in [2.24, 2.45) is 4.99 Å². The van der Waals surface area contributed by atoms with Crippen LogP contribution in [0.1, 0.15) is 29.3 Å². The van der Waals surface area contributed by atoms with Crippen molar-refractivity contribution in [1.29, 1.82) is 0 Å². The van der Waals surface area contributed by atoms with E-state index < -0.39 is 0 Å². The predicted molar refractivity (Wildman–Crippen MR) is 95.7 cm³/mol. The molecular formula is C17H22N4O2S. The van der Waals surface area contributed by atoms with Gasteiger partial charge in [0, 0.05) is 17.6 Å². The number of nitrogens with zero attached hydrogens (tertiary/aromatic N) is 2. The largest absolute Gasteiger partial charge is 0.454 e. The molecule has 6 nitrogen and oxygen atoms in total. The number of rotatable bonds is 6. The third-order valence-electron chi connectivity index (χ3n) is 3.56. The van der Waals surface area contributed by atoms with Gasteiger partial charge in [-0.05, 0) is 31.0 Å². The van der Waals surface area contributed by atoms with Crippen LogP contribution < -0.4 is 20.1 Å². The third kappa shape index (κ3) is 4.17. The number of guanidine groups is 1. The molecule has 7 heteroatoms. The first-order valence-corrected chi connectivity index (χ1v) is 8.94. The molecule has 0 bridgehead atoms. The number of aromatic nitrogens is 1. The van der Waals surface area contributed by atoms with Crippen molar-refractivity contribution >= 4 is 17.3 Å². The first-order chi connectivity index (χ1) is 11.8. The number of fused-ring (bicyclic) bond motifs is 1. The highest BCUT2D eigenvalue weighted by atomic mass is 32.1. The number of hydrogen-bond acceptors (Lipinski definition) is 5. The summed E-state index contributed by atoms with van der Waals surface area (Å²) in [7, 11) is 0. The van der Waals surface area contributed by atoms with Crippen LogP contribution in [-0.4, -0.2) is 24.3 Å². The van der Waals surface area contributed by atoms with Gasteiger partial charge >= 0.3 is 0 Å². The van der Waals surface area contributed by atoms with Crippen molar-refractivity contribution in [1.82, 2.24) is 15.6 Å². The zero-order valence-electron chi connectivity index (χ0n) is 14.0. The average molecular weight is 346 g/mol. The Balaban J connectivity index is 1.60. The molecule has 0 atom stereocenters. The number of ether oxygens (including phenoxy) is 2. The Hall–Kier alpha value is -2.28. The van der Waals surface area contributed by atoms with Crippen LogP contribution in [0, 0.1) is 0 Å². The molecule has 1 aromatic heterocycles. The molecule has 0 radical (unpaired) electrons. The lowest BCUT2D eigenvalue weighted by Crippen LogP contribution is -2.36. The van der Waals surface area contributed by atoms with Crippen molar-refractivity contribution in [3.05, 3.63) is 39.8 Å². The van der Waals surface area contributed by atoms with E-state index in [1.807, 2.05) is 24.4 Å². The molecule has 0 saturated heterocycles. The summed E-state index contributed by atoms with van der Waals surface area (Å²) in [4.78, 5) is 10.3. The van der Waals surface area contributed by atoms with Gasteiger partial charge in [0.05, 0.1) is 13.1 Å². The van der Waals surface area contributed by atoms with Gasteiger partial charge in [-0.15, -0.1) is 11.3 Å². The number of hydrogen-bond donors (Lipinski definition) is 2. The fraction of sp³-hybridized carbons (Fsp3) is 0.412. The molecule has 2 N–H and O–H groups in total. The van der Waals surface area contributed by atoms with Gasteiger partial charge < -0.3 is 20.1 Å². The van der Waals surface area contributed by atoms with Crippen LogP contribution in [0.4, 0.5) is 0 Å². The lowest BCUT2D eigenvalue weighted by Gasteiger charge is -2.10. The molecule has 2 aromatic rings. The fourth-order valence-electron chi connectivity index (χ4n) is 2.30. The lowest BCUT2D eigenvalue weighted by molar-refractivity contribution is 0.174. The van der Waals surface area contributed by atoms with Gasteiger partial charge in [-0.25, -0.2) is 9.98 Å². The van der Waals surface area contributed by atoms with E-state index in [1.54, 1.807) is 11.3 Å². The van der Waals surface area contributed by atoms with E-state index in [-0.39, 0.29) is 0 Å². The van der Waals surface area contributed by atoms with Crippen LogP contribution in [0.3, 0.4) is 0 Å². The Morgan fingerprint density at radius 3 is 2.92 bits per heavy atom. The van der Waals surface area contributed by atoms with Gasteiger partial charge in [-0.1, -0.05) is 13.0 Å². The van der Waals surface area contributed by atoms with Gasteiger partial charge in [0.2, 0.25) is 6.79 Å². The quantitative estimate of drug-likeness (QED) is 0.622. The Morgan fingerprint density at radius 1 is 1.25 bits per heavy atom. The molecule has 24 heavy (non-hydrogen) atoms. The third-order valence-corrected chi connectivity index (χ3v) is 4.70. The Kier molecular flexibility index (Phi) is 5.53. The summed E-state index contributed by atoms with van der Waals surface area (Å²) in [6.45, 7) is 6.55. The van der Waals surface area contributed by atoms with E-state index in [0.29, 0.717) is 19.9 Å². The summed E-state index contributed by atoms with van der Waals surface area (Å²) in [5.74, 6) is 2.36. The maximum atomic E-state index is 5.40. The molecule has 1 aliphatic heterocycles. The summed E-state index contributed by atoms with van der Waals surface area (Å²) in [5.41, 5.74) is 1.08. The second kappa shape index (κ2) is 8.01. The van der Waals surface area contributed by atoms with E-state index in [0.717, 1.165) is 41.0 Å². The Labute approximate surface area is 145 Å². The van der Waals surface area contributed by atoms with Crippen molar-refractivity contribution < 1.29 is 9.47 Å². The molecule has 0 amide bonds. The Morgan fingerprint density at radius 2 is 2.12 bits per heavy atom. The first-order valence-electron chi connectivity index (χ1n) is 8.12. The van der Waals surface area contributed by atoms with Crippen LogP contribution in [-0.2, 0) is 19.5 Å². The molecular weight excluding hydrogens is 324 g/mol. The summed E-state index contributed by atoms with van der Waals surface area (Å²) in [6.07, 6.45) is 2.97. The summed E-state index contributed by atoms with van der Waals surface area (Å²) in [6, 6.07) is 5.91. The molecule has 3 rings (SSSR count). The van der Waals surface area contributed by atoms with E-state index in [2.05, 4.69) is 34.5 Å². The molecule has 1 aromatic carbocycles. The maximum Gasteiger partial charge on any atom is 0.231 e. The number of aryl methyl sites for hydroxylation is 1. The van der Waals surface area contributed by atoms with Gasteiger partial charge in [-0.2, -0.15) is 0 Å². The highest BCUT2D eigenvalue weighted by Gasteiger charge is 2.13. The molecule has 0 spiro atoms. The van der Waals surface area contributed by atoms with E-state index in [4.69, 9.17) is 9.47 Å². The molecule has 128 valence electrons. The van der Waals surface area contributed by atoms with Crippen LogP contribution in [0.2, 0.25) is 0 Å². The van der Waals surface area contributed by atoms with Crippen LogP contribution >= 0.6 is 11.3 Å². The SMILES string of the molecule is CCNC(=NCc1ccc2c(c1)OCO2)NCc1ncc(CC)s1. The molecule has 0 fully saturated rings. The normalized spacial score (nSPS) is 13.2. The number of thiazole rings is 1. The monoisotopic (exact) mass is 346 g/mol. The minimum atomic E-state index is 0.291. The fourth-order valence-corrected chi connectivity index (χ4v) is 3.11. The Bertz CT molecular complexity index is 714. The van der Waals surface area contributed by atoms with Crippen molar-refractivity contribution in [2.45, 2.75) is 33.4 Å². The number of aliphatic imine (C=N–C) groups is 1. The number of benzene rings is 1. The van der Waals surface area contributed by atoms with Crippen LogP contribution in [0.25, 0.3) is 0 Å². The average Bonchev–Trinajstić information content (AvgIpc) is 3.25. The van der Waals surface area contributed by atoms with Crippen LogP contribution in [0.15, 0.2) is 29.4 Å². The van der Waals surface area contributed by atoms with Crippen LogP contribution in [0.5, 0.6) is 11.5 Å². The maximum absolute atomic E-state index is 5.40. The minimum absolute atomic E-state index is 0.291. The molecule has 0 unspecified atom stereocenters. The van der Waals surface area contributed by atoms with E-state index in [1.165, 1.54) is 4.88 Å². The topological polar surface area (TPSA) is 67.8 Å². The molecule has 2 heterocycles. The van der Waals surface area contributed by atoms with Gasteiger partial charge in [-0.3, -0.25) is 0 Å². The second-order valence-corrected chi connectivity index (χ2v) is 6.51. The van der Waals surface area contributed by atoms with Crippen molar-refractivity contribution in [3.63, 3.8) is 0 Å². The standard InChI is InChI=1S/C17H22N4O2S/c1-3-13-9-19-16(24-13)10-21-17(18-4-2)20-8-12-5-6-14-15(7-12)23-11-22-14/h5-7,9H,3-4,8,10-11H2,1-2H3,(H2,18,20,21). The van der Waals surface area contributed by atoms with E-state index >= 15 is 0 Å². The minimum Gasteiger partial charge on any atom is -0.454 e. The molecule has 0 aliphatic carbocycles. The van der Waals surface area contributed by atoms with E-state index in [9.17, 15) is 0 Å². The van der Waals surface area contributed by atoms with Crippen molar-refractivity contribution in [2.75, 3.05) is 13.3 Å². The van der Waals surface area contributed by atoms with Gasteiger partial charge in [0.25, 0.3) is 0 Å². The molecule has 1 aliphatic rings. The summed E-state index contributed by atoms with van der Waals surface area (Å²) < 4.78 is 10.7. The van der Waals surface area contributed by atoms with Gasteiger partial charge in [0.1, 0.15) is 5.01 Å². The predicted octanol–water partition coefficient (Wildman–Crippen LogP) is 2.69. The highest BCUT2D eigenvalue weighted by molar-refractivity contribution is 7.11. The number of nitrogens with one attached hydrogen (secondary N) is 2. The summed E-state index contributed by atoms with van der Waals surface area (Å²) >= 11 is 1.73. The molecule has 0 saturated carbocycles. The van der Waals surface area contributed by atoms with Crippen molar-refractivity contribution in [3.8, 4) is 11.5 Å². The first kappa shape index (κ1) is 16.6. The lowest BCUT2D eigenvalue weighted by atomic mass is 10.2.